The number of nitrogens with two attached hydrogens (primary N) is 1. The second-order valence-corrected chi connectivity index (χ2v) is 13.9. The highest BCUT2D eigenvalue weighted by molar-refractivity contribution is 6.32. The van der Waals surface area contributed by atoms with Gasteiger partial charge in [-0.2, -0.15) is 0 Å². The number of nitrogens with zero attached hydrogens (tertiary/aromatic N) is 1. The van der Waals surface area contributed by atoms with Gasteiger partial charge >= 0.3 is 5.97 Å². The van der Waals surface area contributed by atoms with Gasteiger partial charge in [0.05, 0.1) is 29.4 Å². The molecule has 3 fully saturated rings. The third-order valence-electron chi connectivity index (χ3n) is 10.7. The van der Waals surface area contributed by atoms with Crippen LogP contribution in [0.4, 0.5) is 0 Å². The summed E-state index contributed by atoms with van der Waals surface area (Å²) in [6, 6.07) is 9.97. The fraction of sp³-hybridized carbons (Fsp3) is 0.486. The van der Waals surface area contributed by atoms with E-state index in [4.69, 9.17) is 22.1 Å². The number of amides is 1. The first-order valence-electron chi connectivity index (χ1n) is 15.9. The van der Waals surface area contributed by atoms with Crippen LogP contribution in [0.3, 0.4) is 0 Å². The van der Waals surface area contributed by atoms with Crippen LogP contribution in [-0.4, -0.2) is 82.0 Å². The average molecular weight is 665 g/mol. The van der Waals surface area contributed by atoms with Gasteiger partial charge in [0.15, 0.2) is 34.7 Å². The average Bonchev–Trinajstić information content (AvgIpc) is 3.03. The Kier molecular flexibility index (Phi) is 8.61. The van der Waals surface area contributed by atoms with Crippen molar-refractivity contribution < 1.29 is 43.7 Å². The van der Waals surface area contributed by atoms with Gasteiger partial charge in [-0.15, -0.1) is 0 Å². The summed E-state index contributed by atoms with van der Waals surface area (Å²) >= 11 is 6.15. The first-order chi connectivity index (χ1) is 22.3. The lowest BCUT2D eigenvalue weighted by Gasteiger charge is -2.57. The highest BCUT2D eigenvalue weighted by Crippen LogP contribution is 2.56. The second-order valence-electron chi connectivity index (χ2n) is 13.5. The van der Waals surface area contributed by atoms with Crippen LogP contribution in [-0.2, 0) is 35.1 Å². The normalized spacial score (nSPS) is 32.4. The molecule has 8 atom stereocenters. The number of aliphatic hydroxyl groups is 1. The SMILES string of the molecule is CN(C)[C@@H]1C(=O)C(C(N)=O)C(=O)[C@@]2(O)C(=O)C3C(=O)c4c(O)cccc4C(Cc4ccc(Cl)cc4)[C@H]3[C@H](OC(=O)C3CCCCC3)[C@@H]12. The number of likely N-dealkylation sites (N-methyl/N-ethyl adjacent to an activating group) is 1. The van der Waals surface area contributed by atoms with Crippen molar-refractivity contribution in [3.05, 3.63) is 64.2 Å². The minimum absolute atomic E-state index is 0.143. The predicted octanol–water partition coefficient (Wildman–Crippen LogP) is 2.41. The molecular weight excluding hydrogens is 628 g/mol. The quantitative estimate of drug-likeness (QED) is 0.306. The maximum Gasteiger partial charge on any atom is 0.309 e. The molecule has 2 aromatic rings. The zero-order valence-corrected chi connectivity index (χ0v) is 26.8. The van der Waals surface area contributed by atoms with Crippen LogP contribution >= 0.6 is 11.6 Å². The Morgan fingerprint density at radius 2 is 1.66 bits per heavy atom. The Hall–Kier alpha value is -3.93. The molecule has 47 heavy (non-hydrogen) atoms. The van der Waals surface area contributed by atoms with Crippen LogP contribution < -0.4 is 5.73 Å². The molecule has 4 N–H and O–H groups in total. The number of hydrogen-bond acceptors (Lipinski definition) is 10. The van der Waals surface area contributed by atoms with Gasteiger partial charge in [-0.25, -0.2) is 0 Å². The van der Waals surface area contributed by atoms with Crippen LogP contribution in [0.5, 0.6) is 5.75 Å². The summed E-state index contributed by atoms with van der Waals surface area (Å²) in [6.45, 7) is 0. The highest BCUT2D eigenvalue weighted by Gasteiger charge is 2.74. The first-order valence-corrected chi connectivity index (χ1v) is 16.3. The van der Waals surface area contributed by atoms with Crippen molar-refractivity contribution in [1.82, 2.24) is 4.90 Å². The Balaban J connectivity index is 1.60. The predicted molar refractivity (Wildman–Crippen MR) is 167 cm³/mol. The lowest BCUT2D eigenvalue weighted by Crippen LogP contribution is -2.78. The van der Waals surface area contributed by atoms with E-state index in [9.17, 15) is 39.0 Å². The lowest BCUT2D eigenvalue weighted by atomic mass is 9.48. The number of carbonyl (C=O) groups is 6. The number of phenols is 1. The van der Waals surface area contributed by atoms with Gasteiger partial charge in [-0.1, -0.05) is 55.1 Å². The van der Waals surface area contributed by atoms with Crippen LogP contribution in [0.15, 0.2) is 42.5 Å². The van der Waals surface area contributed by atoms with Gasteiger partial charge in [0.1, 0.15) is 11.9 Å². The molecule has 248 valence electrons. The standard InChI is InChI=1S/C35H37ClN2O9/c1-38(2)27-26-30(47-34(45)17-7-4-3-5-8-17)23-20(15-16-11-13-18(36)14-12-16)19-9-6-10-21(39)22(19)28(40)24(23)31(42)35(26,46)32(43)25(29(27)41)33(37)44/h6,9-14,17,20,23-27,30,39,46H,3-5,7-8,15H2,1-2H3,(H2,37,44)/t20?,23-,24?,25?,26-,27+,30+,35+/m1/s1. The summed E-state index contributed by atoms with van der Waals surface area (Å²) in [6.07, 6.45) is 2.34. The third kappa shape index (κ3) is 5.19. The van der Waals surface area contributed by atoms with Crippen LogP contribution in [0.2, 0.25) is 5.02 Å². The van der Waals surface area contributed by atoms with Crippen molar-refractivity contribution in [2.45, 2.75) is 62.2 Å². The van der Waals surface area contributed by atoms with Gasteiger partial charge in [-0.3, -0.25) is 33.7 Å². The van der Waals surface area contributed by atoms with Crippen molar-refractivity contribution in [3.63, 3.8) is 0 Å². The number of phenolic OH excluding ortho intramolecular Hbond substituents is 1. The summed E-state index contributed by atoms with van der Waals surface area (Å²) in [5, 5.41) is 23.8. The van der Waals surface area contributed by atoms with E-state index in [-0.39, 0.29) is 12.0 Å². The largest absolute Gasteiger partial charge is 0.507 e. The van der Waals surface area contributed by atoms with E-state index in [1.165, 1.54) is 25.1 Å². The Morgan fingerprint density at radius 3 is 2.28 bits per heavy atom. The molecule has 0 bridgehead atoms. The first kappa shape index (κ1) is 33.0. The van der Waals surface area contributed by atoms with Crippen molar-refractivity contribution in [2.75, 3.05) is 14.1 Å². The highest BCUT2D eigenvalue weighted by atomic mass is 35.5. The number of ketones is 4. The number of benzene rings is 2. The van der Waals surface area contributed by atoms with E-state index in [1.807, 2.05) is 0 Å². The minimum Gasteiger partial charge on any atom is -0.507 e. The summed E-state index contributed by atoms with van der Waals surface area (Å²) in [5.74, 6) is -14.8. The Morgan fingerprint density at radius 1 is 1.00 bits per heavy atom. The van der Waals surface area contributed by atoms with Crippen LogP contribution in [0.1, 0.15) is 59.5 Å². The molecule has 6 rings (SSSR count). The van der Waals surface area contributed by atoms with E-state index in [0.29, 0.717) is 23.4 Å². The molecule has 12 heteroatoms. The summed E-state index contributed by atoms with van der Waals surface area (Å²) < 4.78 is 6.30. The fourth-order valence-corrected chi connectivity index (χ4v) is 8.70. The second kappa shape index (κ2) is 12.3. The van der Waals surface area contributed by atoms with Crippen molar-refractivity contribution in [3.8, 4) is 5.75 Å². The number of rotatable bonds is 6. The zero-order chi connectivity index (χ0) is 33.9. The summed E-state index contributed by atoms with van der Waals surface area (Å²) in [4.78, 5) is 84.7. The number of ether oxygens (including phenoxy) is 1. The number of fused-ring (bicyclic) bond motifs is 3. The molecule has 2 aromatic carbocycles. The molecule has 1 amide bonds. The number of halogens is 1. The van der Waals surface area contributed by atoms with E-state index in [0.717, 1.165) is 24.8 Å². The number of Topliss-reactive ketones (excluding diaryl/α,β-unsaturated/α-hetero) is 4. The van der Waals surface area contributed by atoms with Crippen molar-refractivity contribution in [1.29, 1.82) is 0 Å². The molecule has 11 nitrogen and oxygen atoms in total. The van der Waals surface area contributed by atoms with Gasteiger partial charge in [-0.05, 0) is 68.6 Å². The van der Waals surface area contributed by atoms with Crippen molar-refractivity contribution in [2.24, 2.45) is 35.3 Å². The zero-order valence-electron chi connectivity index (χ0n) is 26.1. The molecule has 0 aliphatic heterocycles. The monoisotopic (exact) mass is 664 g/mol. The van der Waals surface area contributed by atoms with Gasteiger partial charge in [0.25, 0.3) is 0 Å². The Labute approximate surface area is 276 Å². The molecule has 0 heterocycles. The van der Waals surface area contributed by atoms with Gasteiger partial charge in [0, 0.05) is 10.9 Å². The lowest BCUT2D eigenvalue weighted by molar-refractivity contribution is -0.207. The molecular formula is C35H37ClN2O9. The van der Waals surface area contributed by atoms with Gasteiger partial charge < -0.3 is 20.7 Å². The number of carbonyl (C=O) groups excluding carboxylic acids is 6. The number of hydrogen-bond donors (Lipinski definition) is 3. The number of primary amides is 1. The summed E-state index contributed by atoms with van der Waals surface area (Å²) in [7, 11) is 2.97. The van der Waals surface area contributed by atoms with E-state index in [1.54, 1.807) is 36.4 Å². The van der Waals surface area contributed by atoms with Crippen LogP contribution in [0.25, 0.3) is 0 Å². The van der Waals surface area contributed by atoms with E-state index in [2.05, 4.69) is 0 Å². The fourth-order valence-electron chi connectivity index (χ4n) is 8.57. The van der Waals surface area contributed by atoms with Crippen LogP contribution in [0, 0.1) is 29.6 Å². The smallest absolute Gasteiger partial charge is 0.309 e. The Bertz CT molecular complexity index is 1670. The maximum absolute atomic E-state index is 14.7. The third-order valence-corrected chi connectivity index (χ3v) is 10.9. The number of esters is 1. The maximum atomic E-state index is 14.7. The van der Waals surface area contributed by atoms with Gasteiger partial charge in [0.2, 0.25) is 5.91 Å². The topological polar surface area (TPSA) is 181 Å². The minimum atomic E-state index is -3.08. The van der Waals surface area contributed by atoms with E-state index < -0.39 is 94.0 Å². The molecule has 0 spiro atoms. The molecule has 4 aliphatic rings. The number of aromatic hydroxyl groups is 1. The molecule has 0 radical (unpaired) electrons. The molecule has 4 aliphatic carbocycles. The van der Waals surface area contributed by atoms with Crippen molar-refractivity contribution >= 4 is 46.6 Å². The molecule has 3 saturated carbocycles. The van der Waals surface area contributed by atoms with E-state index >= 15 is 0 Å². The molecule has 3 unspecified atom stereocenters. The molecule has 0 aromatic heterocycles. The molecule has 0 saturated heterocycles. The summed E-state index contributed by atoms with van der Waals surface area (Å²) in [5.41, 5.74) is 3.42.